The van der Waals surface area contributed by atoms with Crippen molar-refractivity contribution in [2.75, 3.05) is 18.0 Å². The number of benzene rings is 1. The van der Waals surface area contributed by atoms with Gasteiger partial charge < -0.3 is 4.90 Å². The van der Waals surface area contributed by atoms with Crippen LogP contribution in [0.3, 0.4) is 0 Å². The molecule has 0 atom stereocenters. The van der Waals surface area contributed by atoms with Crippen molar-refractivity contribution in [1.29, 1.82) is 0 Å². The zero-order valence-electron chi connectivity index (χ0n) is 12.2. The van der Waals surface area contributed by atoms with E-state index in [2.05, 4.69) is 11.8 Å². The van der Waals surface area contributed by atoms with Crippen molar-refractivity contribution in [3.8, 4) is 0 Å². The number of hydrogen-bond acceptors (Lipinski definition) is 1. The molecule has 1 fully saturated rings. The second-order valence-electron chi connectivity index (χ2n) is 4.74. The van der Waals surface area contributed by atoms with Crippen molar-refractivity contribution in [2.24, 2.45) is 5.92 Å². The number of rotatable bonds is 2. The van der Waals surface area contributed by atoms with Gasteiger partial charge in [0.15, 0.2) is 0 Å². The minimum Gasteiger partial charge on any atom is -0.369 e. The van der Waals surface area contributed by atoms with Crippen LogP contribution in [0.4, 0.5) is 10.1 Å². The first kappa shape index (κ1) is 15.0. The lowest BCUT2D eigenvalue weighted by atomic mass is 9.94. The summed E-state index contributed by atoms with van der Waals surface area (Å²) in [4.78, 5) is 2.21. The number of hydrogen-bond donors (Lipinski definition) is 0. The molecule has 1 heterocycles. The molecule has 0 amide bonds. The van der Waals surface area contributed by atoms with Gasteiger partial charge in [0.25, 0.3) is 0 Å². The van der Waals surface area contributed by atoms with Crippen LogP contribution in [0, 0.1) is 18.7 Å². The molecule has 1 nitrogen and oxygen atoms in total. The Kier molecular flexibility index (Phi) is 6.17. The maximum atomic E-state index is 13.8. The SMILES string of the molecule is CC.CCC1CCN(c2c(C)cccc2F)CC1. The van der Waals surface area contributed by atoms with Crippen molar-refractivity contribution in [1.82, 2.24) is 0 Å². The summed E-state index contributed by atoms with van der Waals surface area (Å²) in [6.07, 6.45) is 3.65. The van der Waals surface area contributed by atoms with Gasteiger partial charge >= 0.3 is 0 Å². The fourth-order valence-electron chi connectivity index (χ4n) is 2.59. The first-order valence-corrected chi connectivity index (χ1v) is 7.22. The largest absolute Gasteiger partial charge is 0.369 e. The molecule has 1 aromatic carbocycles. The van der Waals surface area contributed by atoms with Crippen LogP contribution in [0.2, 0.25) is 0 Å². The number of piperidine rings is 1. The Morgan fingerprint density at radius 3 is 2.33 bits per heavy atom. The molecule has 0 bridgehead atoms. The first-order valence-electron chi connectivity index (χ1n) is 7.22. The average Bonchev–Trinajstić information content (AvgIpc) is 2.41. The highest BCUT2D eigenvalue weighted by molar-refractivity contribution is 5.54. The summed E-state index contributed by atoms with van der Waals surface area (Å²) in [6, 6.07) is 5.34. The number of para-hydroxylation sites is 1. The lowest BCUT2D eigenvalue weighted by molar-refractivity contribution is 0.392. The molecule has 0 aromatic heterocycles. The highest BCUT2D eigenvalue weighted by atomic mass is 19.1. The van der Waals surface area contributed by atoms with E-state index in [-0.39, 0.29) is 5.82 Å². The standard InChI is InChI=1S/C14H20FN.C2H6/c1-3-12-7-9-16(10-8-12)14-11(2)5-4-6-13(14)15;1-2/h4-6,12H,3,7-10H2,1-2H3;1-2H3. The first-order chi connectivity index (χ1) is 8.72. The van der Waals surface area contributed by atoms with Gasteiger partial charge in [-0.2, -0.15) is 0 Å². The van der Waals surface area contributed by atoms with Gasteiger partial charge in [-0.1, -0.05) is 39.3 Å². The summed E-state index contributed by atoms with van der Waals surface area (Å²) in [5.41, 5.74) is 1.87. The molecule has 2 rings (SSSR count). The second-order valence-corrected chi connectivity index (χ2v) is 4.74. The van der Waals surface area contributed by atoms with Crippen LogP contribution in [-0.2, 0) is 0 Å². The molecule has 1 aliphatic heterocycles. The van der Waals surface area contributed by atoms with Crippen molar-refractivity contribution in [2.45, 2.75) is 47.0 Å². The van der Waals surface area contributed by atoms with E-state index in [0.717, 1.165) is 30.3 Å². The summed E-state index contributed by atoms with van der Waals surface area (Å²) in [5.74, 6) is 0.762. The minimum atomic E-state index is -0.0741. The molecule has 102 valence electrons. The zero-order valence-corrected chi connectivity index (χ0v) is 12.2. The monoisotopic (exact) mass is 251 g/mol. The Bertz CT molecular complexity index is 334. The van der Waals surface area contributed by atoms with Crippen LogP contribution >= 0.6 is 0 Å². The predicted molar refractivity (Wildman–Crippen MR) is 77.7 cm³/mol. The van der Waals surface area contributed by atoms with Crippen LogP contribution in [0.1, 0.15) is 45.6 Å². The van der Waals surface area contributed by atoms with Gasteiger partial charge in [-0.25, -0.2) is 4.39 Å². The summed E-state index contributed by atoms with van der Waals surface area (Å²) in [7, 11) is 0. The quantitative estimate of drug-likeness (QED) is 0.730. The number of anilines is 1. The van der Waals surface area contributed by atoms with Crippen molar-refractivity contribution in [3.05, 3.63) is 29.6 Å². The van der Waals surface area contributed by atoms with E-state index in [0.29, 0.717) is 0 Å². The molecule has 0 N–H and O–H groups in total. The van der Waals surface area contributed by atoms with E-state index in [4.69, 9.17) is 0 Å². The zero-order chi connectivity index (χ0) is 13.5. The molecule has 0 unspecified atom stereocenters. The summed E-state index contributed by atoms with van der Waals surface area (Å²) in [5, 5.41) is 0. The van der Waals surface area contributed by atoms with Crippen molar-refractivity contribution >= 4 is 5.69 Å². The highest BCUT2D eigenvalue weighted by Gasteiger charge is 2.21. The van der Waals surface area contributed by atoms with E-state index >= 15 is 0 Å². The molecule has 0 radical (unpaired) electrons. The maximum absolute atomic E-state index is 13.8. The smallest absolute Gasteiger partial charge is 0.146 e. The number of aryl methyl sites for hydroxylation is 1. The fourth-order valence-corrected chi connectivity index (χ4v) is 2.59. The average molecular weight is 251 g/mol. The Morgan fingerprint density at radius 1 is 1.22 bits per heavy atom. The molecule has 18 heavy (non-hydrogen) atoms. The van der Waals surface area contributed by atoms with Gasteiger partial charge in [0.2, 0.25) is 0 Å². The maximum Gasteiger partial charge on any atom is 0.146 e. The van der Waals surface area contributed by atoms with Gasteiger partial charge in [0, 0.05) is 13.1 Å². The predicted octanol–water partition coefficient (Wildman–Crippen LogP) is 4.79. The van der Waals surface area contributed by atoms with Crippen LogP contribution < -0.4 is 4.90 Å². The topological polar surface area (TPSA) is 3.24 Å². The van der Waals surface area contributed by atoms with Gasteiger partial charge in [0.1, 0.15) is 5.82 Å². The second kappa shape index (κ2) is 7.40. The van der Waals surface area contributed by atoms with Gasteiger partial charge in [-0.05, 0) is 37.3 Å². The third kappa shape index (κ3) is 3.47. The summed E-state index contributed by atoms with van der Waals surface area (Å²) >= 11 is 0. The number of halogens is 1. The molecule has 0 aliphatic carbocycles. The van der Waals surface area contributed by atoms with E-state index in [1.807, 2.05) is 26.8 Å². The lowest BCUT2D eigenvalue weighted by Gasteiger charge is -2.34. The van der Waals surface area contributed by atoms with E-state index < -0.39 is 0 Å². The molecule has 1 aliphatic rings. The van der Waals surface area contributed by atoms with Crippen LogP contribution in [0.5, 0.6) is 0 Å². The highest BCUT2D eigenvalue weighted by Crippen LogP contribution is 2.29. The van der Waals surface area contributed by atoms with Crippen LogP contribution in [0.25, 0.3) is 0 Å². The van der Waals surface area contributed by atoms with Crippen LogP contribution in [-0.4, -0.2) is 13.1 Å². The Morgan fingerprint density at radius 2 is 1.83 bits per heavy atom. The van der Waals surface area contributed by atoms with Gasteiger partial charge in [-0.3, -0.25) is 0 Å². The van der Waals surface area contributed by atoms with E-state index in [1.165, 1.54) is 19.3 Å². The molecule has 1 aromatic rings. The van der Waals surface area contributed by atoms with Gasteiger partial charge in [0.05, 0.1) is 5.69 Å². The molecular weight excluding hydrogens is 225 g/mol. The fraction of sp³-hybridized carbons (Fsp3) is 0.625. The molecular formula is C16H26FN. The molecule has 1 saturated heterocycles. The van der Waals surface area contributed by atoms with E-state index in [9.17, 15) is 4.39 Å². The third-order valence-electron chi connectivity index (χ3n) is 3.70. The summed E-state index contributed by atoms with van der Waals surface area (Å²) in [6.45, 7) is 10.2. The molecule has 2 heteroatoms. The minimum absolute atomic E-state index is 0.0741. The van der Waals surface area contributed by atoms with Crippen molar-refractivity contribution in [3.63, 3.8) is 0 Å². The Hall–Kier alpha value is -1.05. The third-order valence-corrected chi connectivity index (χ3v) is 3.70. The summed E-state index contributed by atoms with van der Waals surface area (Å²) < 4.78 is 13.8. The molecule has 0 spiro atoms. The Labute approximate surface area is 111 Å². The van der Waals surface area contributed by atoms with E-state index in [1.54, 1.807) is 12.1 Å². The van der Waals surface area contributed by atoms with Crippen molar-refractivity contribution < 1.29 is 4.39 Å². The van der Waals surface area contributed by atoms with Crippen LogP contribution in [0.15, 0.2) is 18.2 Å². The normalized spacial score (nSPS) is 16.2. The lowest BCUT2D eigenvalue weighted by Crippen LogP contribution is -2.34. The Balaban J connectivity index is 0.000000771. The van der Waals surface area contributed by atoms with Gasteiger partial charge in [-0.15, -0.1) is 0 Å². The number of nitrogens with zero attached hydrogens (tertiary/aromatic N) is 1. The molecule has 0 saturated carbocycles.